The molecule has 192 valence electrons. The molecule has 7 heteroatoms. The third-order valence-corrected chi connectivity index (χ3v) is 14.4. The second-order valence-electron chi connectivity index (χ2n) is 13.8. The van der Waals surface area contributed by atoms with E-state index in [0.29, 0.717) is 0 Å². The average molecular weight is 500 g/mol. The van der Waals surface area contributed by atoms with Gasteiger partial charge in [-0.25, -0.2) is 0 Å². The number of rotatable bonds is 18. The molecule has 0 rings (SSSR count). The Balaban J connectivity index is 5.70. The first-order valence-electron chi connectivity index (χ1n) is 12.8. The Morgan fingerprint density at radius 3 is 0.839 bits per heavy atom. The van der Waals surface area contributed by atoms with Gasteiger partial charge in [-0.3, -0.25) is 0 Å². The van der Waals surface area contributed by atoms with Crippen LogP contribution in [-0.4, -0.2) is 85.8 Å². The summed E-state index contributed by atoms with van der Waals surface area (Å²) in [5, 5.41) is 0. The van der Waals surface area contributed by atoms with Gasteiger partial charge in [0.25, 0.3) is 0 Å². The zero-order valence-corrected chi connectivity index (χ0v) is 26.3. The van der Waals surface area contributed by atoms with E-state index < -0.39 is 27.8 Å². The molecule has 0 aliphatic carbocycles. The number of unbranched alkanes of at least 4 members (excludes halogenated alkanes) is 6. The Bertz CT molecular complexity index is 451. The molecule has 31 heavy (non-hydrogen) atoms. The predicted molar refractivity (Wildman–Crippen MR) is 156 cm³/mol. The molecule has 0 heterocycles. The van der Waals surface area contributed by atoms with Crippen molar-refractivity contribution in [3.63, 3.8) is 0 Å². The third-order valence-electron chi connectivity index (χ3n) is 6.00. The molecule has 0 atom stereocenters. The molecule has 0 fully saturated rings. The Labute approximate surface area is 198 Å². The van der Waals surface area contributed by atoms with E-state index in [1.807, 2.05) is 0 Å². The van der Waals surface area contributed by atoms with Crippen LogP contribution in [0, 0.1) is 0 Å². The Morgan fingerprint density at radius 2 is 0.645 bits per heavy atom. The quantitative estimate of drug-likeness (QED) is 0.107. The normalized spacial score (nSPS) is 17.2. The van der Waals surface area contributed by atoms with Crippen LogP contribution in [0.5, 0.6) is 0 Å². The standard InChI is InChI=1S/C24H60BO3P3/c1-13-16-19-22-29(4,5,6)26-25(27-30(7,8,9)23-20-17-14-2)28-31(10,11,12)24-21-18-15-3/h13-24H2,1-12H3. The Morgan fingerprint density at radius 1 is 0.419 bits per heavy atom. The summed E-state index contributed by atoms with van der Waals surface area (Å²) in [5.74, 6) is 0. The molecule has 0 spiro atoms. The summed E-state index contributed by atoms with van der Waals surface area (Å²) in [6, 6.07) is 0. The van der Waals surface area contributed by atoms with Gasteiger partial charge in [-0.15, -0.1) is 0 Å². The topological polar surface area (TPSA) is 27.7 Å². The second-order valence-corrected chi connectivity index (χ2v) is 33.6. The minimum atomic E-state index is -2.34. The van der Waals surface area contributed by atoms with E-state index in [-0.39, 0.29) is 0 Å². The van der Waals surface area contributed by atoms with E-state index in [2.05, 4.69) is 80.8 Å². The Kier molecular flexibility index (Phi) is 12.2. The van der Waals surface area contributed by atoms with Crippen molar-refractivity contribution in [3.8, 4) is 0 Å². The monoisotopic (exact) mass is 500 g/mol. The molecule has 0 aromatic carbocycles. The molecule has 3 nitrogen and oxygen atoms in total. The van der Waals surface area contributed by atoms with Crippen LogP contribution in [0.2, 0.25) is 0 Å². The van der Waals surface area contributed by atoms with E-state index in [1.165, 1.54) is 57.8 Å². The van der Waals surface area contributed by atoms with Crippen molar-refractivity contribution in [2.75, 3.05) is 78.5 Å². The van der Waals surface area contributed by atoms with Gasteiger partial charge in [0.05, 0.1) is 0 Å². The third kappa shape index (κ3) is 16.5. The second kappa shape index (κ2) is 11.8. The van der Waals surface area contributed by atoms with Gasteiger partial charge in [0.15, 0.2) is 0 Å². The summed E-state index contributed by atoms with van der Waals surface area (Å²) in [4.78, 5) is 0. The van der Waals surface area contributed by atoms with Crippen molar-refractivity contribution in [1.82, 2.24) is 0 Å². The van der Waals surface area contributed by atoms with Crippen molar-refractivity contribution in [1.29, 1.82) is 0 Å². The first kappa shape index (κ1) is 32.2. The summed E-state index contributed by atoms with van der Waals surface area (Å²) in [5.41, 5.74) is 0. The van der Waals surface area contributed by atoms with Crippen molar-refractivity contribution < 1.29 is 13.3 Å². The molecular weight excluding hydrogens is 440 g/mol. The molecular formula is C24H60BO3P3. The minimum absolute atomic E-state index is 0.544. The van der Waals surface area contributed by atoms with Crippen LogP contribution in [0.1, 0.15) is 78.6 Å². The molecule has 0 aromatic heterocycles. The first-order chi connectivity index (χ1) is 13.8. The summed E-state index contributed by atoms with van der Waals surface area (Å²) in [6.45, 7) is 20.9. The summed E-state index contributed by atoms with van der Waals surface area (Å²) in [6.07, 6.45) is 14.6. The van der Waals surface area contributed by atoms with E-state index in [0.717, 1.165) is 18.5 Å². The first-order valence-corrected chi connectivity index (χ1v) is 23.9. The summed E-state index contributed by atoms with van der Waals surface area (Å²) >= 11 is 0. The van der Waals surface area contributed by atoms with E-state index >= 15 is 0 Å². The van der Waals surface area contributed by atoms with Crippen LogP contribution in [0.3, 0.4) is 0 Å². The molecule has 0 aliphatic heterocycles. The molecule has 0 aromatic rings. The van der Waals surface area contributed by atoms with Crippen LogP contribution in [-0.2, 0) is 13.3 Å². The van der Waals surface area contributed by atoms with Gasteiger partial charge in [-0.2, -0.15) is 0 Å². The fraction of sp³-hybridized carbons (Fsp3) is 1.00. The molecule has 0 radical (unpaired) electrons. The van der Waals surface area contributed by atoms with Gasteiger partial charge < -0.3 is 0 Å². The maximum atomic E-state index is 6.94. The molecule has 0 amide bonds. The Hall–Kier alpha value is 1.23. The average Bonchev–Trinajstić information content (AvgIpc) is 2.51. The van der Waals surface area contributed by atoms with Crippen molar-refractivity contribution in [3.05, 3.63) is 0 Å². The summed E-state index contributed by atoms with van der Waals surface area (Å²) < 4.78 is 20.8. The van der Waals surface area contributed by atoms with Gasteiger partial charge in [-0.05, 0) is 0 Å². The van der Waals surface area contributed by atoms with Crippen LogP contribution < -0.4 is 0 Å². The predicted octanol–water partition coefficient (Wildman–Crippen LogP) is 8.66. The van der Waals surface area contributed by atoms with Crippen LogP contribution in [0.4, 0.5) is 0 Å². The van der Waals surface area contributed by atoms with Crippen LogP contribution >= 0.6 is 20.5 Å². The van der Waals surface area contributed by atoms with Crippen LogP contribution in [0.15, 0.2) is 0 Å². The van der Waals surface area contributed by atoms with E-state index in [9.17, 15) is 0 Å². The van der Waals surface area contributed by atoms with Gasteiger partial charge in [0, 0.05) is 0 Å². The zero-order chi connectivity index (χ0) is 24.5. The van der Waals surface area contributed by atoms with Gasteiger partial charge in [0.2, 0.25) is 0 Å². The molecule has 0 bridgehead atoms. The molecule has 0 N–H and O–H groups in total. The summed E-state index contributed by atoms with van der Waals surface area (Å²) in [7, 11) is -0.544. The molecule has 0 saturated heterocycles. The number of hydrogen-bond acceptors (Lipinski definition) is 3. The van der Waals surface area contributed by atoms with Crippen LogP contribution in [0.25, 0.3) is 0 Å². The molecule has 0 unspecified atom stereocenters. The fourth-order valence-corrected chi connectivity index (χ4v) is 10.5. The molecule has 0 aliphatic rings. The zero-order valence-electron chi connectivity index (χ0n) is 23.6. The fourth-order valence-electron chi connectivity index (χ4n) is 3.88. The molecule has 0 saturated carbocycles. The van der Waals surface area contributed by atoms with E-state index in [1.54, 1.807) is 0 Å². The van der Waals surface area contributed by atoms with Gasteiger partial charge in [0.1, 0.15) is 0 Å². The van der Waals surface area contributed by atoms with E-state index in [4.69, 9.17) is 13.3 Å². The SMILES string of the molecule is CCCCCP(C)(C)(C)OB(OP(C)(C)(C)CCCCC)OP(C)(C)(C)CCCCC. The van der Waals surface area contributed by atoms with Crippen molar-refractivity contribution >= 4 is 27.8 Å². The van der Waals surface area contributed by atoms with Crippen molar-refractivity contribution in [2.24, 2.45) is 0 Å². The van der Waals surface area contributed by atoms with Gasteiger partial charge in [-0.1, -0.05) is 0 Å². The van der Waals surface area contributed by atoms with Gasteiger partial charge >= 0.3 is 198 Å². The van der Waals surface area contributed by atoms with Crippen molar-refractivity contribution in [2.45, 2.75) is 78.6 Å². The number of hydrogen-bond donors (Lipinski definition) is 0. The maximum absolute atomic E-state index is 6.94.